The van der Waals surface area contributed by atoms with Gasteiger partial charge in [-0.25, -0.2) is 0 Å². The number of halogens is 3. The Morgan fingerprint density at radius 1 is 1.15 bits per heavy atom. The van der Waals surface area contributed by atoms with Crippen LogP contribution in [0.5, 0.6) is 0 Å². The third-order valence-corrected chi connectivity index (χ3v) is 4.93. The van der Waals surface area contributed by atoms with Crippen molar-refractivity contribution in [3.8, 4) is 0 Å². The largest absolute Gasteiger partial charge is 0.416 e. The number of nitrogen functional groups attached to an aromatic ring is 1. The zero-order chi connectivity index (χ0) is 19.6. The van der Waals surface area contributed by atoms with Crippen molar-refractivity contribution in [2.45, 2.75) is 32.5 Å². The molecule has 1 aliphatic rings. The predicted octanol–water partition coefficient (Wildman–Crippen LogP) is 5.27. The fraction of sp³-hybridized carbons (Fsp3) is 0.333. The Balaban J connectivity index is 1.84. The zero-order valence-corrected chi connectivity index (χ0v) is 15.4. The number of nitrogens with one attached hydrogen (secondary N) is 1. The van der Waals surface area contributed by atoms with E-state index in [2.05, 4.69) is 16.8 Å². The molecular formula is C21H24F3N3. The summed E-state index contributed by atoms with van der Waals surface area (Å²) < 4.78 is 40.8. The second-order valence-electron chi connectivity index (χ2n) is 7.03. The number of nitrogens with two attached hydrogens (primary N) is 1. The molecule has 3 N–H and O–H groups in total. The van der Waals surface area contributed by atoms with Crippen LogP contribution in [0.1, 0.15) is 35.1 Å². The third-order valence-electron chi connectivity index (χ3n) is 4.93. The summed E-state index contributed by atoms with van der Waals surface area (Å²) in [5.74, 6) is 0. The van der Waals surface area contributed by atoms with Crippen LogP contribution in [0.3, 0.4) is 0 Å². The first-order valence-electron chi connectivity index (χ1n) is 8.99. The highest BCUT2D eigenvalue weighted by Crippen LogP contribution is 2.35. The van der Waals surface area contributed by atoms with Gasteiger partial charge >= 0.3 is 6.18 Å². The molecule has 3 rings (SSSR count). The summed E-state index contributed by atoms with van der Waals surface area (Å²) in [5.41, 5.74) is 8.66. The number of hydrogen-bond acceptors (Lipinski definition) is 3. The van der Waals surface area contributed by atoms with Crippen LogP contribution in [0.4, 0.5) is 24.5 Å². The first kappa shape index (κ1) is 19.3. The highest BCUT2D eigenvalue weighted by molar-refractivity contribution is 5.77. The van der Waals surface area contributed by atoms with Crippen molar-refractivity contribution in [1.82, 2.24) is 4.90 Å². The highest BCUT2D eigenvalue weighted by atomic mass is 19.4. The SMILES string of the molecule is C=C(Nc1ccc(C)c(N)c1)c1ccc(CN2CCCC2)c(C(F)(F)F)c1. The van der Waals surface area contributed by atoms with Gasteiger partial charge in [-0.1, -0.05) is 24.8 Å². The monoisotopic (exact) mass is 375 g/mol. The summed E-state index contributed by atoms with van der Waals surface area (Å²) in [6, 6.07) is 9.85. The van der Waals surface area contributed by atoms with Crippen LogP contribution in [-0.4, -0.2) is 18.0 Å². The molecule has 6 heteroatoms. The number of rotatable bonds is 5. The van der Waals surface area contributed by atoms with E-state index in [-0.39, 0.29) is 0 Å². The van der Waals surface area contributed by atoms with Crippen LogP contribution in [-0.2, 0) is 12.7 Å². The summed E-state index contributed by atoms with van der Waals surface area (Å²) in [6.45, 7) is 7.81. The summed E-state index contributed by atoms with van der Waals surface area (Å²) in [4.78, 5) is 2.06. The quantitative estimate of drug-likeness (QED) is 0.699. The van der Waals surface area contributed by atoms with Crippen LogP contribution in [0.15, 0.2) is 43.0 Å². The molecule has 0 radical (unpaired) electrons. The van der Waals surface area contributed by atoms with E-state index in [1.54, 1.807) is 18.2 Å². The van der Waals surface area contributed by atoms with Crippen LogP contribution < -0.4 is 11.1 Å². The first-order valence-corrected chi connectivity index (χ1v) is 8.99. The molecule has 0 saturated carbocycles. The van der Waals surface area contributed by atoms with Gasteiger partial charge in [-0.05, 0) is 67.7 Å². The van der Waals surface area contributed by atoms with Gasteiger partial charge in [-0.3, -0.25) is 4.90 Å². The lowest BCUT2D eigenvalue weighted by atomic mass is 10.0. The van der Waals surface area contributed by atoms with Crippen molar-refractivity contribution in [2.75, 3.05) is 24.1 Å². The molecule has 144 valence electrons. The average Bonchev–Trinajstić information content (AvgIpc) is 3.10. The van der Waals surface area contributed by atoms with Crippen LogP contribution in [0.2, 0.25) is 0 Å². The molecule has 0 amide bonds. The molecule has 0 unspecified atom stereocenters. The molecule has 0 spiro atoms. The number of anilines is 2. The topological polar surface area (TPSA) is 41.3 Å². The molecule has 0 aliphatic carbocycles. The lowest BCUT2D eigenvalue weighted by Gasteiger charge is -2.20. The molecule has 1 fully saturated rings. The van der Waals surface area contributed by atoms with Crippen molar-refractivity contribution >= 4 is 17.1 Å². The molecule has 1 saturated heterocycles. The maximum atomic E-state index is 13.6. The number of benzene rings is 2. The van der Waals surface area contributed by atoms with Crippen molar-refractivity contribution in [3.63, 3.8) is 0 Å². The Labute approximate surface area is 157 Å². The molecule has 3 nitrogen and oxygen atoms in total. The van der Waals surface area contributed by atoms with E-state index in [1.165, 1.54) is 6.07 Å². The Morgan fingerprint density at radius 2 is 1.85 bits per heavy atom. The smallest absolute Gasteiger partial charge is 0.398 e. The Morgan fingerprint density at radius 3 is 2.48 bits per heavy atom. The van der Waals surface area contributed by atoms with E-state index in [0.717, 1.165) is 31.5 Å². The fourth-order valence-corrected chi connectivity index (χ4v) is 3.31. The van der Waals surface area contributed by atoms with Crippen molar-refractivity contribution in [3.05, 3.63) is 65.2 Å². The van der Waals surface area contributed by atoms with E-state index in [0.29, 0.717) is 34.7 Å². The Kier molecular flexibility index (Phi) is 5.46. The van der Waals surface area contributed by atoms with Gasteiger partial charge < -0.3 is 11.1 Å². The predicted molar refractivity (Wildman–Crippen MR) is 104 cm³/mol. The minimum atomic E-state index is -4.40. The number of alkyl halides is 3. The van der Waals surface area contributed by atoms with Crippen LogP contribution in [0.25, 0.3) is 5.70 Å². The van der Waals surface area contributed by atoms with Gasteiger partial charge in [-0.2, -0.15) is 13.2 Å². The number of likely N-dealkylation sites (tertiary alicyclic amines) is 1. The van der Waals surface area contributed by atoms with Gasteiger partial charge in [0, 0.05) is 23.6 Å². The minimum Gasteiger partial charge on any atom is -0.398 e. The zero-order valence-electron chi connectivity index (χ0n) is 15.4. The summed E-state index contributed by atoms with van der Waals surface area (Å²) in [6.07, 6.45) is -2.32. The van der Waals surface area contributed by atoms with Gasteiger partial charge in [-0.15, -0.1) is 0 Å². The molecule has 0 bridgehead atoms. The molecule has 0 atom stereocenters. The Hall–Kier alpha value is -2.47. The number of aryl methyl sites for hydroxylation is 1. The van der Waals surface area contributed by atoms with Gasteiger partial charge in [0.05, 0.1) is 5.56 Å². The summed E-state index contributed by atoms with van der Waals surface area (Å²) in [5, 5.41) is 3.05. The van der Waals surface area contributed by atoms with E-state index in [4.69, 9.17) is 5.73 Å². The van der Waals surface area contributed by atoms with E-state index < -0.39 is 11.7 Å². The van der Waals surface area contributed by atoms with Crippen molar-refractivity contribution in [1.29, 1.82) is 0 Å². The maximum Gasteiger partial charge on any atom is 0.416 e. The molecule has 1 heterocycles. The number of hydrogen-bond donors (Lipinski definition) is 2. The highest BCUT2D eigenvalue weighted by Gasteiger charge is 2.34. The van der Waals surface area contributed by atoms with Crippen molar-refractivity contribution < 1.29 is 13.2 Å². The molecule has 1 aliphatic heterocycles. The fourth-order valence-electron chi connectivity index (χ4n) is 3.31. The van der Waals surface area contributed by atoms with E-state index >= 15 is 0 Å². The number of nitrogens with zero attached hydrogens (tertiary/aromatic N) is 1. The molecule has 27 heavy (non-hydrogen) atoms. The van der Waals surface area contributed by atoms with Crippen molar-refractivity contribution in [2.24, 2.45) is 0 Å². The Bertz CT molecular complexity index is 837. The van der Waals surface area contributed by atoms with Crippen LogP contribution >= 0.6 is 0 Å². The summed E-state index contributed by atoms with van der Waals surface area (Å²) in [7, 11) is 0. The average molecular weight is 375 g/mol. The van der Waals surface area contributed by atoms with Gasteiger partial charge in [0.15, 0.2) is 0 Å². The van der Waals surface area contributed by atoms with Gasteiger partial charge in [0.1, 0.15) is 0 Å². The maximum absolute atomic E-state index is 13.6. The second-order valence-corrected chi connectivity index (χ2v) is 7.03. The minimum absolute atomic E-state index is 0.306. The molecule has 2 aromatic carbocycles. The first-order chi connectivity index (χ1) is 12.7. The normalized spacial score (nSPS) is 15.1. The third kappa shape index (κ3) is 4.63. The molecule has 0 aromatic heterocycles. The van der Waals surface area contributed by atoms with Gasteiger partial charge in [0.2, 0.25) is 0 Å². The lowest BCUT2D eigenvalue weighted by molar-refractivity contribution is -0.138. The van der Waals surface area contributed by atoms with E-state index in [1.807, 2.05) is 19.1 Å². The lowest BCUT2D eigenvalue weighted by Crippen LogP contribution is -2.21. The standard InChI is InChI=1S/C21H24F3N3/c1-14-5-8-18(12-20(14)25)26-15(2)16-6-7-17(13-27-9-3-4-10-27)19(11-16)21(22,23)24/h5-8,11-12,26H,2-4,9-10,13,25H2,1H3. The van der Waals surface area contributed by atoms with E-state index in [9.17, 15) is 13.2 Å². The molecular weight excluding hydrogens is 351 g/mol. The second kappa shape index (κ2) is 7.64. The molecule has 2 aromatic rings. The van der Waals surface area contributed by atoms with Gasteiger partial charge in [0.25, 0.3) is 0 Å². The van der Waals surface area contributed by atoms with Crippen LogP contribution in [0, 0.1) is 6.92 Å². The summed E-state index contributed by atoms with van der Waals surface area (Å²) >= 11 is 0.